The highest BCUT2D eigenvalue weighted by Gasteiger charge is 2.37. The van der Waals surface area contributed by atoms with E-state index in [2.05, 4.69) is 47.3 Å². The Bertz CT molecular complexity index is 1810. The summed E-state index contributed by atoms with van der Waals surface area (Å²) in [6, 6.07) is 17.4. The molecule has 0 aliphatic heterocycles. The molecule has 0 aliphatic carbocycles. The minimum Gasteiger partial charge on any atom is -0.457 e. The van der Waals surface area contributed by atoms with Gasteiger partial charge in [0.1, 0.15) is 16.5 Å². The van der Waals surface area contributed by atoms with Gasteiger partial charge < -0.3 is 10.1 Å². The minimum atomic E-state index is -4.87. The first-order chi connectivity index (χ1) is 19.4. The van der Waals surface area contributed by atoms with E-state index in [0.29, 0.717) is 20.3 Å². The molecule has 0 radical (unpaired) electrons. The molecule has 0 bridgehead atoms. The highest BCUT2D eigenvalue weighted by atomic mass is 79.9. The lowest BCUT2D eigenvalue weighted by Crippen LogP contribution is -2.16. The quantitative estimate of drug-likeness (QED) is 0.140. The number of carbonyl (C=O) groups is 1. The highest BCUT2D eigenvalue weighted by Crippen LogP contribution is 2.36. The van der Waals surface area contributed by atoms with Crippen LogP contribution >= 0.6 is 43.5 Å². The summed E-state index contributed by atoms with van der Waals surface area (Å²) in [5, 5.41) is 17.3. The number of non-ortho nitro benzene ring substituents is 1. The molecule has 0 saturated heterocycles. The predicted octanol–water partition coefficient (Wildman–Crippen LogP) is 8.55. The van der Waals surface area contributed by atoms with E-state index >= 15 is 0 Å². The molecule has 1 amide bonds. The second-order valence-electron chi connectivity index (χ2n) is 8.41. The molecule has 0 atom stereocenters. The fourth-order valence-corrected chi connectivity index (χ4v) is 4.53. The topological polar surface area (TPSA) is 112 Å². The molecule has 0 aliphatic rings. The zero-order chi connectivity index (χ0) is 29.5. The number of hydrogen-bond acceptors (Lipinski definition) is 6. The lowest BCUT2D eigenvalue weighted by Gasteiger charge is -2.11. The van der Waals surface area contributed by atoms with Crippen LogP contribution in [0.2, 0.25) is 5.02 Å². The van der Waals surface area contributed by atoms with Gasteiger partial charge in [0.15, 0.2) is 17.0 Å². The number of alkyl halides is 3. The lowest BCUT2D eigenvalue weighted by molar-refractivity contribution is -0.384. The monoisotopic (exact) mass is 709 g/mol. The Balaban J connectivity index is 1.53. The average molecular weight is 712 g/mol. The summed E-state index contributed by atoms with van der Waals surface area (Å²) in [7, 11) is 0. The van der Waals surface area contributed by atoms with E-state index in [0.717, 1.165) is 22.7 Å². The summed E-state index contributed by atoms with van der Waals surface area (Å²) in [6.45, 7) is 0. The third-order valence-corrected chi connectivity index (χ3v) is 6.99. The molecule has 41 heavy (non-hydrogen) atoms. The Morgan fingerprint density at radius 2 is 1.61 bits per heavy atom. The van der Waals surface area contributed by atoms with Gasteiger partial charge in [0.05, 0.1) is 22.4 Å². The van der Waals surface area contributed by atoms with E-state index in [-0.39, 0.29) is 17.1 Å². The van der Waals surface area contributed by atoms with Gasteiger partial charge in [-0.15, -0.1) is 0 Å². The van der Waals surface area contributed by atoms with Gasteiger partial charge in [0.25, 0.3) is 11.6 Å². The molecule has 5 rings (SSSR count). The van der Waals surface area contributed by atoms with Crippen molar-refractivity contribution in [2.24, 2.45) is 0 Å². The number of hydrogen-bond donors (Lipinski definition) is 1. The number of nitrogens with one attached hydrogen (secondary N) is 1. The highest BCUT2D eigenvalue weighted by molar-refractivity contribution is 9.10. The molecule has 3 aromatic carbocycles. The summed E-state index contributed by atoms with van der Waals surface area (Å²) >= 11 is 12.9. The zero-order valence-corrected chi connectivity index (χ0v) is 24.0. The Kier molecular flexibility index (Phi) is 7.72. The Hall–Kier alpha value is -4.01. The van der Waals surface area contributed by atoms with Crippen molar-refractivity contribution in [2.45, 2.75) is 6.18 Å². The molecule has 5 aromatic rings. The van der Waals surface area contributed by atoms with Crippen LogP contribution < -0.4 is 10.1 Å². The van der Waals surface area contributed by atoms with Crippen molar-refractivity contribution >= 4 is 66.4 Å². The second-order valence-corrected chi connectivity index (χ2v) is 10.6. The minimum absolute atomic E-state index is 0.0260. The van der Waals surface area contributed by atoms with Crippen molar-refractivity contribution in [3.63, 3.8) is 0 Å². The van der Waals surface area contributed by atoms with Crippen molar-refractivity contribution in [3.8, 4) is 22.8 Å². The summed E-state index contributed by atoms with van der Waals surface area (Å²) in [4.78, 5) is 28.2. The van der Waals surface area contributed by atoms with E-state index in [1.807, 2.05) is 0 Å². The molecule has 208 valence electrons. The van der Waals surface area contributed by atoms with Crippen LogP contribution in [0.5, 0.6) is 11.5 Å². The Morgan fingerprint density at radius 1 is 0.976 bits per heavy atom. The average Bonchev–Trinajstić information content (AvgIpc) is 3.25. The van der Waals surface area contributed by atoms with Gasteiger partial charge >= 0.3 is 6.18 Å². The number of ether oxygens (including phenoxy) is 1. The number of nitrogens with zero attached hydrogens (tertiary/aromatic N) is 4. The molecular formula is C26H13Br2ClF3N5O4. The van der Waals surface area contributed by atoms with Crippen LogP contribution in [0.15, 0.2) is 81.7 Å². The number of amides is 1. The first-order valence-electron chi connectivity index (χ1n) is 11.4. The van der Waals surface area contributed by atoms with Crippen LogP contribution in [0.4, 0.5) is 24.5 Å². The summed E-state index contributed by atoms with van der Waals surface area (Å²) < 4.78 is 49.7. The molecule has 2 heterocycles. The molecule has 9 nitrogen and oxygen atoms in total. The van der Waals surface area contributed by atoms with Crippen LogP contribution in [0.1, 0.15) is 16.2 Å². The predicted molar refractivity (Wildman–Crippen MR) is 151 cm³/mol. The van der Waals surface area contributed by atoms with Gasteiger partial charge in [-0.3, -0.25) is 14.9 Å². The zero-order valence-electron chi connectivity index (χ0n) is 20.1. The first-order valence-corrected chi connectivity index (χ1v) is 13.3. The van der Waals surface area contributed by atoms with Gasteiger partial charge in [0.2, 0.25) is 0 Å². The molecule has 0 saturated carbocycles. The smallest absolute Gasteiger partial charge is 0.433 e. The van der Waals surface area contributed by atoms with Crippen molar-refractivity contribution in [1.82, 2.24) is 14.6 Å². The van der Waals surface area contributed by atoms with Crippen LogP contribution in [0.25, 0.3) is 16.9 Å². The molecular weight excluding hydrogens is 699 g/mol. The fourth-order valence-electron chi connectivity index (χ4n) is 3.76. The maximum atomic E-state index is 14.0. The van der Waals surface area contributed by atoms with E-state index < -0.39 is 44.8 Å². The largest absolute Gasteiger partial charge is 0.457 e. The van der Waals surface area contributed by atoms with Crippen LogP contribution in [0, 0.1) is 10.1 Å². The van der Waals surface area contributed by atoms with Gasteiger partial charge in [-0.1, -0.05) is 55.6 Å². The van der Waals surface area contributed by atoms with Crippen molar-refractivity contribution in [1.29, 1.82) is 0 Å². The molecule has 15 heteroatoms. The van der Waals surface area contributed by atoms with Crippen LogP contribution in [-0.4, -0.2) is 25.4 Å². The van der Waals surface area contributed by atoms with Crippen LogP contribution in [-0.2, 0) is 6.18 Å². The van der Waals surface area contributed by atoms with Crippen molar-refractivity contribution in [3.05, 3.63) is 108 Å². The first kappa shape index (κ1) is 28.5. The number of halogens is 6. The van der Waals surface area contributed by atoms with E-state index in [1.54, 1.807) is 48.5 Å². The maximum absolute atomic E-state index is 14.0. The molecule has 0 unspecified atom stereocenters. The SMILES string of the molecule is O=C(Nc1cc(Oc2ccc(Br)cc2)cc([N+](=O)[O-])c1)c1nn2c(C(F)(F)F)cc(-c3ccc(Br)cc3)nc2c1Cl. The number of carbonyl (C=O) groups excluding carboxylic acids is 1. The number of nitro groups is 1. The number of benzene rings is 3. The Labute approximate surface area is 250 Å². The molecule has 1 N–H and O–H groups in total. The lowest BCUT2D eigenvalue weighted by atomic mass is 10.1. The van der Waals surface area contributed by atoms with Crippen molar-refractivity contribution in [2.75, 3.05) is 5.32 Å². The summed E-state index contributed by atoms with van der Waals surface area (Å²) in [6.07, 6.45) is -4.87. The van der Waals surface area contributed by atoms with Crippen molar-refractivity contribution < 1.29 is 27.6 Å². The number of nitro benzene ring substituents is 1. The second kappa shape index (κ2) is 11.1. The number of rotatable bonds is 6. The maximum Gasteiger partial charge on any atom is 0.433 e. The van der Waals surface area contributed by atoms with E-state index in [4.69, 9.17) is 16.3 Å². The van der Waals surface area contributed by atoms with Crippen LogP contribution in [0.3, 0.4) is 0 Å². The normalized spacial score (nSPS) is 11.5. The molecule has 0 spiro atoms. The van der Waals surface area contributed by atoms with Gasteiger partial charge in [-0.2, -0.15) is 18.3 Å². The molecule has 2 aromatic heterocycles. The third-order valence-electron chi connectivity index (χ3n) is 5.59. The summed E-state index contributed by atoms with van der Waals surface area (Å²) in [5.74, 6) is -0.631. The standard InChI is InChI=1S/C26H13Br2ClF3N5O4/c27-14-3-1-13(2-4-14)20-12-21(26(30,31)32)36-24(34-20)22(29)23(35-36)25(38)33-16-9-17(37(39)40)11-19(10-16)41-18-7-5-15(28)6-8-18/h1-12H,(H,33,38). The molecule has 0 fully saturated rings. The Morgan fingerprint density at radius 3 is 2.22 bits per heavy atom. The fraction of sp³-hybridized carbons (Fsp3) is 0.0385. The third kappa shape index (κ3) is 6.19. The van der Waals surface area contributed by atoms with E-state index in [9.17, 15) is 28.1 Å². The van der Waals surface area contributed by atoms with Gasteiger partial charge in [-0.05, 0) is 42.5 Å². The van der Waals surface area contributed by atoms with Gasteiger partial charge in [-0.25, -0.2) is 9.50 Å². The summed E-state index contributed by atoms with van der Waals surface area (Å²) in [5.41, 5.74) is -2.33. The van der Waals surface area contributed by atoms with Gasteiger partial charge in [0, 0.05) is 26.6 Å². The number of fused-ring (bicyclic) bond motifs is 1. The number of anilines is 1. The van der Waals surface area contributed by atoms with E-state index in [1.165, 1.54) is 6.07 Å². The number of aromatic nitrogens is 3.